The Morgan fingerprint density at radius 1 is 1.14 bits per heavy atom. The van der Waals surface area contributed by atoms with Crippen LogP contribution in [0.4, 0.5) is 10.5 Å². The van der Waals surface area contributed by atoms with Gasteiger partial charge in [-0.25, -0.2) is 4.79 Å². The van der Waals surface area contributed by atoms with Crippen molar-refractivity contribution in [2.75, 3.05) is 25.0 Å². The summed E-state index contributed by atoms with van der Waals surface area (Å²) in [6.45, 7) is 5.84. The first-order chi connectivity index (χ1) is 10.6. The summed E-state index contributed by atoms with van der Waals surface area (Å²) >= 11 is 0. The Hall–Kier alpha value is -2.11. The van der Waals surface area contributed by atoms with Crippen LogP contribution in [0.15, 0.2) is 12.4 Å². The Bertz CT molecular complexity index is 519. The number of likely N-dealkylation sites (tertiary alicyclic amines) is 1. The van der Waals surface area contributed by atoms with E-state index in [0.29, 0.717) is 13.0 Å². The van der Waals surface area contributed by atoms with Gasteiger partial charge in [0.2, 0.25) is 5.91 Å². The molecule has 1 saturated heterocycles. The van der Waals surface area contributed by atoms with Gasteiger partial charge in [-0.15, -0.1) is 0 Å². The van der Waals surface area contributed by atoms with Crippen molar-refractivity contribution >= 4 is 17.6 Å². The minimum atomic E-state index is -0.288. The molecule has 2 heterocycles. The van der Waals surface area contributed by atoms with Crippen LogP contribution >= 0.6 is 0 Å². The lowest BCUT2D eigenvalue weighted by molar-refractivity contribution is -0.131. The number of hydrogen-bond acceptors (Lipinski definition) is 3. The lowest BCUT2D eigenvalue weighted by atomic mass is 10.1. The normalized spacial score (nSPS) is 14.5. The van der Waals surface area contributed by atoms with Crippen molar-refractivity contribution in [2.24, 2.45) is 0 Å². The number of aryl methyl sites for hydroxylation is 2. The molecule has 0 saturated carbocycles. The zero-order chi connectivity index (χ0) is 15.9. The van der Waals surface area contributed by atoms with Gasteiger partial charge in [-0.2, -0.15) is 0 Å². The van der Waals surface area contributed by atoms with E-state index in [1.165, 1.54) is 6.42 Å². The third kappa shape index (κ3) is 4.44. The maximum atomic E-state index is 12.0. The topological polar surface area (TPSA) is 74.3 Å². The van der Waals surface area contributed by atoms with Gasteiger partial charge in [-0.05, 0) is 44.2 Å². The number of hydrogen-bond donors (Lipinski definition) is 2. The van der Waals surface area contributed by atoms with E-state index in [4.69, 9.17) is 0 Å². The second-order valence-corrected chi connectivity index (χ2v) is 5.72. The van der Waals surface area contributed by atoms with Gasteiger partial charge in [0.25, 0.3) is 0 Å². The van der Waals surface area contributed by atoms with Gasteiger partial charge in [0.15, 0.2) is 0 Å². The highest BCUT2D eigenvalue weighted by Gasteiger charge is 2.16. The maximum absolute atomic E-state index is 12.0. The summed E-state index contributed by atoms with van der Waals surface area (Å²) in [7, 11) is 0. The number of nitrogens with zero attached hydrogens (tertiary/aromatic N) is 2. The molecule has 0 atom stereocenters. The number of urea groups is 1. The Balaban J connectivity index is 1.75. The van der Waals surface area contributed by atoms with E-state index < -0.39 is 0 Å². The number of amides is 3. The van der Waals surface area contributed by atoms with Crippen LogP contribution in [0.2, 0.25) is 0 Å². The van der Waals surface area contributed by atoms with Crippen molar-refractivity contribution in [1.82, 2.24) is 15.2 Å². The first-order valence-corrected chi connectivity index (χ1v) is 7.82. The van der Waals surface area contributed by atoms with Crippen LogP contribution in [0.3, 0.4) is 0 Å². The van der Waals surface area contributed by atoms with Crippen LogP contribution in [-0.2, 0) is 4.79 Å². The molecule has 1 aliphatic rings. The van der Waals surface area contributed by atoms with Gasteiger partial charge in [0.05, 0.1) is 5.69 Å². The summed E-state index contributed by atoms with van der Waals surface area (Å²) in [6, 6.07) is -0.288. The number of anilines is 1. The van der Waals surface area contributed by atoms with Crippen molar-refractivity contribution in [3.8, 4) is 0 Å². The molecule has 22 heavy (non-hydrogen) atoms. The molecule has 0 spiro atoms. The second-order valence-electron chi connectivity index (χ2n) is 5.72. The second kappa shape index (κ2) is 7.77. The van der Waals surface area contributed by atoms with Crippen molar-refractivity contribution in [2.45, 2.75) is 39.5 Å². The molecule has 2 N–H and O–H groups in total. The van der Waals surface area contributed by atoms with Crippen LogP contribution in [0.1, 0.15) is 36.8 Å². The third-order valence-corrected chi connectivity index (χ3v) is 3.90. The number of piperidine rings is 1. The summed E-state index contributed by atoms with van der Waals surface area (Å²) in [6.07, 6.45) is 7.14. The first kappa shape index (κ1) is 16.3. The average molecular weight is 304 g/mol. The lowest BCUT2D eigenvalue weighted by Gasteiger charge is -2.26. The lowest BCUT2D eigenvalue weighted by Crippen LogP contribution is -2.38. The van der Waals surface area contributed by atoms with Gasteiger partial charge in [-0.1, -0.05) is 0 Å². The number of nitrogens with one attached hydrogen (secondary N) is 2. The molecular weight excluding hydrogens is 280 g/mol. The Kier molecular flexibility index (Phi) is 5.75. The standard InChI is InChI=1S/C16H24N4O2/c1-12-10-17-11-13(2)15(12)19-16(22)18-7-6-14(21)20-8-4-3-5-9-20/h10-11H,3-9H2,1-2H3,(H2,17,18,19,22). The van der Waals surface area contributed by atoms with Gasteiger partial charge >= 0.3 is 6.03 Å². The highest BCUT2D eigenvalue weighted by molar-refractivity contribution is 5.91. The number of carbonyl (C=O) groups excluding carboxylic acids is 2. The molecule has 0 aromatic carbocycles. The molecule has 1 aromatic rings. The number of pyridine rings is 1. The molecule has 0 unspecified atom stereocenters. The molecule has 0 bridgehead atoms. The molecule has 0 radical (unpaired) electrons. The number of rotatable bonds is 4. The van der Waals surface area contributed by atoms with Crippen molar-refractivity contribution in [3.05, 3.63) is 23.5 Å². The molecule has 1 fully saturated rings. The molecule has 6 heteroatoms. The van der Waals surface area contributed by atoms with E-state index in [2.05, 4.69) is 15.6 Å². The van der Waals surface area contributed by atoms with E-state index in [1.54, 1.807) is 12.4 Å². The molecule has 2 rings (SSSR count). The highest BCUT2D eigenvalue weighted by atomic mass is 16.2. The Morgan fingerprint density at radius 3 is 2.41 bits per heavy atom. The fraction of sp³-hybridized carbons (Fsp3) is 0.562. The minimum absolute atomic E-state index is 0.122. The molecule has 6 nitrogen and oxygen atoms in total. The molecular formula is C16H24N4O2. The van der Waals surface area contributed by atoms with E-state index >= 15 is 0 Å². The van der Waals surface area contributed by atoms with Crippen molar-refractivity contribution in [3.63, 3.8) is 0 Å². The van der Waals surface area contributed by atoms with Crippen LogP contribution in [0.25, 0.3) is 0 Å². The fourth-order valence-corrected chi connectivity index (χ4v) is 2.64. The third-order valence-electron chi connectivity index (χ3n) is 3.90. The van der Waals surface area contributed by atoms with E-state index in [1.807, 2.05) is 18.7 Å². The van der Waals surface area contributed by atoms with Crippen molar-refractivity contribution < 1.29 is 9.59 Å². The zero-order valence-electron chi connectivity index (χ0n) is 13.3. The van der Waals surface area contributed by atoms with Gasteiger partial charge < -0.3 is 15.5 Å². The van der Waals surface area contributed by atoms with Crippen LogP contribution in [-0.4, -0.2) is 41.5 Å². The van der Waals surface area contributed by atoms with E-state index in [9.17, 15) is 9.59 Å². The van der Waals surface area contributed by atoms with Gasteiger partial charge in [0.1, 0.15) is 0 Å². The largest absolute Gasteiger partial charge is 0.343 e. The fourth-order valence-electron chi connectivity index (χ4n) is 2.64. The van der Waals surface area contributed by atoms with E-state index in [-0.39, 0.29) is 11.9 Å². The Morgan fingerprint density at radius 2 is 1.77 bits per heavy atom. The summed E-state index contributed by atoms with van der Waals surface area (Å²) in [5.74, 6) is 0.122. The molecule has 1 aliphatic heterocycles. The monoisotopic (exact) mass is 304 g/mol. The SMILES string of the molecule is Cc1cncc(C)c1NC(=O)NCCC(=O)N1CCCCC1. The van der Waals surface area contributed by atoms with Crippen LogP contribution in [0, 0.1) is 13.8 Å². The van der Waals surface area contributed by atoms with Crippen LogP contribution in [0.5, 0.6) is 0 Å². The average Bonchev–Trinajstić information content (AvgIpc) is 2.52. The van der Waals surface area contributed by atoms with E-state index in [0.717, 1.165) is 42.7 Å². The van der Waals surface area contributed by atoms with Crippen molar-refractivity contribution in [1.29, 1.82) is 0 Å². The minimum Gasteiger partial charge on any atom is -0.343 e. The molecule has 120 valence electrons. The predicted molar refractivity (Wildman–Crippen MR) is 85.8 cm³/mol. The molecule has 1 aromatic heterocycles. The summed E-state index contributed by atoms with van der Waals surface area (Å²) in [4.78, 5) is 29.9. The van der Waals surface area contributed by atoms with Gasteiger partial charge in [0, 0.05) is 38.4 Å². The molecule has 3 amide bonds. The first-order valence-electron chi connectivity index (χ1n) is 7.82. The predicted octanol–water partition coefficient (Wildman–Crippen LogP) is 2.22. The quantitative estimate of drug-likeness (QED) is 0.895. The summed E-state index contributed by atoms with van der Waals surface area (Å²) in [5, 5.41) is 5.55. The zero-order valence-corrected chi connectivity index (χ0v) is 13.3. The number of carbonyl (C=O) groups is 2. The smallest absolute Gasteiger partial charge is 0.319 e. The Labute approximate surface area is 131 Å². The molecule has 0 aliphatic carbocycles. The van der Waals surface area contributed by atoms with Crippen LogP contribution < -0.4 is 10.6 Å². The maximum Gasteiger partial charge on any atom is 0.319 e. The highest BCUT2D eigenvalue weighted by Crippen LogP contribution is 2.17. The summed E-state index contributed by atoms with van der Waals surface area (Å²) in [5.41, 5.74) is 2.61. The summed E-state index contributed by atoms with van der Waals surface area (Å²) < 4.78 is 0. The van der Waals surface area contributed by atoms with Gasteiger partial charge in [-0.3, -0.25) is 9.78 Å². The number of aromatic nitrogens is 1.